The van der Waals surface area contributed by atoms with Gasteiger partial charge in [-0.15, -0.1) is 0 Å². The smallest absolute Gasteiger partial charge is 0.0615 e. The Bertz CT molecular complexity index is 203. The molecule has 0 radical (unpaired) electrons. The van der Waals surface area contributed by atoms with Gasteiger partial charge in [0.1, 0.15) is 0 Å². The van der Waals surface area contributed by atoms with E-state index in [1.165, 1.54) is 0 Å². The third kappa shape index (κ3) is 5.63. The van der Waals surface area contributed by atoms with E-state index in [1.54, 1.807) is 14.2 Å². The number of methoxy groups -OCH3 is 2. The molecule has 110 valence electrons. The Balaban J connectivity index is 4.75. The molecule has 0 heterocycles. The second-order valence-corrected chi connectivity index (χ2v) is 5.11. The van der Waals surface area contributed by atoms with Crippen molar-refractivity contribution < 1.29 is 14.6 Å². The highest BCUT2D eigenvalue weighted by atomic mass is 16.5. The summed E-state index contributed by atoms with van der Waals surface area (Å²) in [6.45, 7) is 8.25. The van der Waals surface area contributed by atoms with Crippen molar-refractivity contribution >= 4 is 0 Å². The van der Waals surface area contributed by atoms with Crippen molar-refractivity contribution in [1.29, 1.82) is 0 Å². The first-order valence-electron chi connectivity index (χ1n) is 6.59. The van der Waals surface area contributed by atoms with Crippen molar-refractivity contribution in [2.24, 2.45) is 11.7 Å². The van der Waals surface area contributed by atoms with Crippen LogP contribution in [0.2, 0.25) is 0 Å². The van der Waals surface area contributed by atoms with Gasteiger partial charge in [-0.25, -0.2) is 0 Å². The van der Waals surface area contributed by atoms with Crippen LogP contribution in [0.5, 0.6) is 0 Å². The average molecular weight is 262 g/mol. The number of hydrogen-bond acceptors (Lipinski definition) is 5. The lowest BCUT2D eigenvalue weighted by atomic mass is 9.95. The fourth-order valence-electron chi connectivity index (χ4n) is 2.14. The fourth-order valence-corrected chi connectivity index (χ4v) is 2.14. The number of nitrogens with zero attached hydrogens (tertiary/aromatic N) is 1. The lowest BCUT2D eigenvalue weighted by molar-refractivity contribution is 0.0124. The second-order valence-electron chi connectivity index (χ2n) is 5.11. The number of rotatable bonds is 10. The summed E-state index contributed by atoms with van der Waals surface area (Å²) in [4.78, 5) is 2.18. The first kappa shape index (κ1) is 17.8. The van der Waals surface area contributed by atoms with E-state index in [2.05, 4.69) is 25.7 Å². The van der Waals surface area contributed by atoms with Crippen molar-refractivity contribution in [1.82, 2.24) is 4.90 Å². The van der Waals surface area contributed by atoms with Crippen LogP contribution in [0.15, 0.2) is 0 Å². The molecule has 0 fully saturated rings. The van der Waals surface area contributed by atoms with Gasteiger partial charge < -0.3 is 20.3 Å². The van der Waals surface area contributed by atoms with Crippen LogP contribution < -0.4 is 5.73 Å². The van der Waals surface area contributed by atoms with Crippen molar-refractivity contribution in [3.8, 4) is 0 Å². The third-order valence-electron chi connectivity index (χ3n) is 3.35. The van der Waals surface area contributed by atoms with E-state index in [0.717, 1.165) is 6.54 Å². The zero-order chi connectivity index (χ0) is 14.1. The van der Waals surface area contributed by atoms with Crippen molar-refractivity contribution in [3.05, 3.63) is 0 Å². The molecular formula is C13H30N2O3. The molecule has 0 aromatic carbocycles. The molecule has 5 heteroatoms. The molecule has 18 heavy (non-hydrogen) atoms. The lowest BCUT2D eigenvalue weighted by Crippen LogP contribution is -2.56. The Morgan fingerprint density at radius 1 is 1.17 bits per heavy atom. The van der Waals surface area contributed by atoms with Crippen LogP contribution >= 0.6 is 0 Å². The largest absolute Gasteiger partial charge is 0.395 e. The van der Waals surface area contributed by atoms with Gasteiger partial charge in [0, 0.05) is 38.9 Å². The van der Waals surface area contributed by atoms with Crippen LogP contribution in [0.4, 0.5) is 0 Å². The molecule has 0 aliphatic heterocycles. The van der Waals surface area contributed by atoms with E-state index in [4.69, 9.17) is 15.2 Å². The number of nitrogens with two attached hydrogens (primary N) is 1. The van der Waals surface area contributed by atoms with E-state index in [9.17, 15) is 5.11 Å². The van der Waals surface area contributed by atoms with E-state index >= 15 is 0 Å². The third-order valence-corrected chi connectivity index (χ3v) is 3.35. The summed E-state index contributed by atoms with van der Waals surface area (Å²) >= 11 is 0. The normalized spacial score (nSPS) is 17.2. The molecule has 0 saturated heterocycles. The Labute approximate surface area is 111 Å². The second kappa shape index (κ2) is 9.69. The Morgan fingerprint density at radius 2 is 1.78 bits per heavy atom. The van der Waals surface area contributed by atoms with Crippen LogP contribution in [-0.4, -0.2) is 68.7 Å². The van der Waals surface area contributed by atoms with Crippen molar-refractivity contribution in [2.75, 3.05) is 40.6 Å². The van der Waals surface area contributed by atoms with Gasteiger partial charge in [-0.3, -0.25) is 4.90 Å². The molecule has 5 nitrogen and oxygen atoms in total. The molecule has 3 atom stereocenters. The SMILES string of the molecule is COCCN(C(C)COC)C(CO)C(N)C(C)C. The molecule has 0 spiro atoms. The number of hydrogen-bond donors (Lipinski definition) is 2. The molecule has 0 bridgehead atoms. The quantitative estimate of drug-likeness (QED) is 0.593. The fraction of sp³-hybridized carbons (Fsp3) is 1.00. The first-order chi connectivity index (χ1) is 8.49. The predicted molar refractivity (Wildman–Crippen MR) is 73.6 cm³/mol. The van der Waals surface area contributed by atoms with E-state index in [-0.39, 0.29) is 24.7 Å². The molecule has 0 amide bonds. The number of ether oxygens (including phenoxy) is 2. The lowest BCUT2D eigenvalue weighted by Gasteiger charge is -2.39. The van der Waals surface area contributed by atoms with Crippen LogP contribution in [0.1, 0.15) is 20.8 Å². The molecule has 3 unspecified atom stereocenters. The van der Waals surface area contributed by atoms with Gasteiger partial charge in [0.05, 0.1) is 19.8 Å². The van der Waals surface area contributed by atoms with E-state index in [0.29, 0.717) is 19.1 Å². The van der Waals surface area contributed by atoms with E-state index in [1.807, 2.05) is 0 Å². The molecule has 0 saturated carbocycles. The standard InChI is InChI=1S/C13H30N2O3/c1-10(2)13(14)12(8-16)15(6-7-17-4)11(3)9-18-5/h10-13,16H,6-9,14H2,1-5H3. The van der Waals surface area contributed by atoms with Gasteiger partial charge >= 0.3 is 0 Å². The van der Waals surface area contributed by atoms with Crippen LogP contribution in [0, 0.1) is 5.92 Å². The van der Waals surface area contributed by atoms with Gasteiger partial charge in [-0.2, -0.15) is 0 Å². The molecule has 0 aromatic heterocycles. The highest BCUT2D eigenvalue weighted by Crippen LogP contribution is 2.14. The minimum Gasteiger partial charge on any atom is -0.395 e. The summed E-state index contributed by atoms with van der Waals surface area (Å²) in [5, 5.41) is 9.63. The van der Waals surface area contributed by atoms with Crippen LogP contribution in [0.3, 0.4) is 0 Å². The van der Waals surface area contributed by atoms with Crippen LogP contribution in [0.25, 0.3) is 0 Å². The van der Waals surface area contributed by atoms with Gasteiger partial charge in [0.2, 0.25) is 0 Å². The highest BCUT2D eigenvalue weighted by Gasteiger charge is 2.29. The summed E-state index contributed by atoms with van der Waals surface area (Å²) in [5.41, 5.74) is 6.19. The average Bonchev–Trinajstić information content (AvgIpc) is 2.33. The van der Waals surface area contributed by atoms with Gasteiger partial charge in [-0.1, -0.05) is 13.8 Å². The summed E-state index contributed by atoms with van der Waals surface area (Å²) in [5.74, 6) is 0.321. The Morgan fingerprint density at radius 3 is 2.17 bits per heavy atom. The zero-order valence-electron chi connectivity index (χ0n) is 12.4. The molecule has 0 rings (SSSR count). The van der Waals surface area contributed by atoms with Crippen LogP contribution in [-0.2, 0) is 9.47 Å². The van der Waals surface area contributed by atoms with Gasteiger partial charge in [-0.05, 0) is 12.8 Å². The zero-order valence-corrected chi connectivity index (χ0v) is 12.4. The van der Waals surface area contributed by atoms with Gasteiger partial charge in [0.25, 0.3) is 0 Å². The monoisotopic (exact) mass is 262 g/mol. The maximum Gasteiger partial charge on any atom is 0.0615 e. The summed E-state index contributed by atoms with van der Waals surface area (Å²) in [6, 6.07) is 0.0727. The summed E-state index contributed by atoms with van der Waals surface area (Å²) in [6.07, 6.45) is 0. The molecule has 0 aliphatic carbocycles. The van der Waals surface area contributed by atoms with Crippen molar-refractivity contribution in [2.45, 2.75) is 38.9 Å². The minimum absolute atomic E-state index is 0.0527. The number of aliphatic hydroxyl groups is 1. The maximum absolute atomic E-state index is 9.63. The summed E-state index contributed by atoms with van der Waals surface area (Å²) < 4.78 is 10.3. The highest BCUT2D eigenvalue weighted by molar-refractivity contribution is 4.86. The minimum atomic E-state index is -0.0645. The Hall–Kier alpha value is -0.200. The molecular weight excluding hydrogens is 232 g/mol. The predicted octanol–water partition coefficient (Wildman–Crippen LogP) is 0.314. The summed E-state index contributed by atoms with van der Waals surface area (Å²) in [7, 11) is 3.36. The molecule has 3 N–H and O–H groups in total. The van der Waals surface area contributed by atoms with E-state index < -0.39 is 0 Å². The molecule has 0 aliphatic rings. The maximum atomic E-state index is 9.63. The topological polar surface area (TPSA) is 68.0 Å². The number of aliphatic hydroxyl groups excluding tert-OH is 1. The molecule has 0 aromatic rings. The van der Waals surface area contributed by atoms with Gasteiger partial charge in [0.15, 0.2) is 0 Å². The first-order valence-corrected chi connectivity index (χ1v) is 6.59. The Kier molecular flexibility index (Phi) is 9.59. The van der Waals surface area contributed by atoms with Crippen molar-refractivity contribution in [3.63, 3.8) is 0 Å².